The highest BCUT2D eigenvalue weighted by atomic mass is 16.5. The summed E-state index contributed by atoms with van der Waals surface area (Å²) in [6.45, 7) is 5.82. The van der Waals surface area contributed by atoms with Gasteiger partial charge in [-0.25, -0.2) is 0 Å². The van der Waals surface area contributed by atoms with Crippen LogP contribution in [0.4, 0.5) is 0 Å². The monoisotopic (exact) mass is 251 g/mol. The molecule has 0 amide bonds. The maximum absolute atomic E-state index is 6.02. The molecule has 2 saturated carbocycles. The van der Waals surface area contributed by atoms with E-state index in [0.29, 0.717) is 5.60 Å². The lowest BCUT2D eigenvalue weighted by Gasteiger charge is -2.48. The van der Waals surface area contributed by atoms with Crippen LogP contribution < -0.4 is 5.32 Å². The van der Waals surface area contributed by atoms with Crippen LogP contribution in [0.15, 0.2) is 0 Å². The minimum Gasteiger partial charge on any atom is -0.375 e. The SMILES string of the molecule is CC1CCC(NC2CCOC3(CCC3)C2)CC1C. The minimum absolute atomic E-state index is 0.295. The first kappa shape index (κ1) is 12.9. The van der Waals surface area contributed by atoms with Gasteiger partial charge in [0.25, 0.3) is 0 Å². The summed E-state index contributed by atoms with van der Waals surface area (Å²) in [5, 5.41) is 3.95. The molecule has 104 valence electrons. The van der Waals surface area contributed by atoms with Crippen molar-refractivity contribution in [3.05, 3.63) is 0 Å². The first-order valence-corrected chi connectivity index (χ1v) is 8.07. The van der Waals surface area contributed by atoms with Gasteiger partial charge >= 0.3 is 0 Å². The topological polar surface area (TPSA) is 21.3 Å². The fraction of sp³-hybridized carbons (Fsp3) is 1.00. The highest BCUT2D eigenvalue weighted by Gasteiger charge is 2.43. The van der Waals surface area contributed by atoms with E-state index in [1.54, 1.807) is 0 Å². The van der Waals surface area contributed by atoms with E-state index >= 15 is 0 Å². The molecule has 0 aromatic heterocycles. The molecular weight excluding hydrogens is 222 g/mol. The third-order valence-corrected chi connectivity index (χ3v) is 5.83. The van der Waals surface area contributed by atoms with Crippen molar-refractivity contribution in [1.29, 1.82) is 0 Å². The third-order valence-electron chi connectivity index (χ3n) is 5.83. The molecule has 2 nitrogen and oxygen atoms in total. The molecule has 1 aliphatic heterocycles. The van der Waals surface area contributed by atoms with Gasteiger partial charge in [-0.2, -0.15) is 0 Å². The predicted octanol–water partition coefficient (Wildman–Crippen LogP) is 3.50. The Bertz CT molecular complexity index is 287. The summed E-state index contributed by atoms with van der Waals surface area (Å²) in [6.07, 6.45) is 10.7. The Morgan fingerprint density at radius 2 is 1.83 bits per heavy atom. The fourth-order valence-corrected chi connectivity index (χ4v) is 4.12. The van der Waals surface area contributed by atoms with E-state index in [1.165, 1.54) is 51.4 Å². The number of hydrogen-bond acceptors (Lipinski definition) is 2. The largest absolute Gasteiger partial charge is 0.375 e. The normalized spacial score (nSPS) is 43.7. The Morgan fingerprint density at radius 3 is 2.50 bits per heavy atom. The molecule has 0 radical (unpaired) electrons. The average Bonchev–Trinajstić information content (AvgIpc) is 2.32. The van der Waals surface area contributed by atoms with E-state index in [4.69, 9.17) is 4.74 Å². The summed E-state index contributed by atoms with van der Waals surface area (Å²) in [4.78, 5) is 0. The van der Waals surface area contributed by atoms with Crippen LogP contribution in [0.2, 0.25) is 0 Å². The predicted molar refractivity (Wildman–Crippen MR) is 74.7 cm³/mol. The lowest BCUT2D eigenvalue weighted by atomic mass is 9.73. The maximum Gasteiger partial charge on any atom is 0.0697 e. The smallest absolute Gasteiger partial charge is 0.0697 e. The zero-order valence-electron chi connectivity index (χ0n) is 12.1. The molecule has 1 heterocycles. The summed E-state index contributed by atoms with van der Waals surface area (Å²) in [5.41, 5.74) is 0.295. The lowest BCUT2D eigenvalue weighted by molar-refractivity contribution is -0.136. The van der Waals surface area contributed by atoms with Gasteiger partial charge in [-0.15, -0.1) is 0 Å². The molecule has 4 atom stereocenters. The molecule has 4 unspecified atom stereocenters. The van der Waals surface area contributed by atoms with Gasteiger partial charge in [0.2, 0.25) is 0 Å². The van der Waals surface area contributed by atoms with Gasteiger partial charge in [-0.05, 0) is 63.2 Å². The van der Waals surface area contributed by atoms with Crippen LogP contribution in [0.25, 0.3) is 0 Å². The van der Waals surface area contributed by atoms with Crippen LogP contribution in [0.1, 0.15) is 65.2 Å². The minimum atomic E-state index is 0.295. The summed E-state index contributed by atoms with van der Waals surface area (Å²) in [5.74, 6) is 1.82. The molecule has 0 aromatic rings. The van der Waals surface area contributed by atoms with E-state index in [0.717, 1.165) is 30.5 Å². The second kappa shape index (κ2) is 5.13. The van der Waals surface area contributed by atoms with Crippen LogP contribution in [0.3, 0.4) is 0 Å². The molecule has 18 heavy (non-hydrogen) atoms. The van der Waals surface area contributed by atoms with Crippen LogP contribution in [-0.2, 0) is 4.74 Å². The molecule has 1 saturated heterocycles. The highest BCUT2D eigenvalue weighted by Crippen LogP contribution is 2.42. The first-order valence-electron chi connectivity index (χ1n) is 8.07. The quantitative estimate of drug-likeness (QED) is 0.811. The van der Waals surface area contributed by atoms with Gasteiger partial charge in [-0.3, -0.25) is 0 Å². The summed E-state index contributed by atoms with van der Waals surface area (Å²) in [7, 11) is 0. The highest BCUT2D eigenvalue weighted by molar-refractivity contribution is 4.97. The molecule has 3 rings (SSSR count). The van der Waals surface area contributed by atoms with E-state index in [1.807, 2.05) is 0 Å². The number of rotatable bonds is 2. The number of ether oxygens (including phenoxy) is 1. The molecular formula is C16H29NO. The number of hydrogen-bond donors (Lipinski definition) is 1. The van der Waals surface area contributed by atoms with Crippen molar-refractivity contribution < 1.29 is 4.74 Å². The summed E-state index contributed by atoms with van der Waals surface area (Å²) in [6, 6.07) is 1.50. The van der Waals surface area contributed by atoms with Gasteiger partial charge in [0, 0.05) is 18.7 Å². The van der Waals surface area contributed by atoms with E-state index in [9.17, 15) is 0 Å². The van der Waals surface area contributed by atoms with E-state index in [2.05, 4.69) is 19.2 Å². The Kier molecular flexibility index (Phi) is 3.68. The molecule has 0 bridgehead atoms. The van der Waals surface area contributed by atoms with Crippen molar-refractivity contribution in [3.8, 4) is 0 Å². The second-order valence-electron chi connectivity index (χ2n) is 7.21. The molecule has 3 fully saturated rings. The molecule has 2 heteroatoms. The zero-order chi connectivity index (χ0) is 12.6. The van der Waals surface area contributed by atoms with Crippen LogP contribution >= 0.6 is 0 Å². The molecule has 3 aliphatic rings. The van der Waals surface area contributed by atoms with Crippen molar-refractivity contribution in [2.24, 2.45) is 11.8 Å². The first-order chi connectivity index (χ1) is 8.67. The Labute approximate surface area is 112 Å². The van der Waals surface area contributed by atoms with Crippen LogP contribution in [0, 0.1) is 11.8 Å². The molecule has 1 spiro atoms. The summed E-state index contributed by atoms with van der Waals surface area (Å²) >= 11 is 0. The third kappa shape index (κ3) is 2.60. The zero-order valence-corrected chi connectivity index (χ0v) is 12.1. The average molecular weight is 251 g/mol. The van der Waals surface area contributed by atoms with Gasteiger partial charge < -0.3 is 10.1 Å². The van der Waals surface area contributed by atoms with Crippen molar-refractivity contribution in [1.82, 2.24) is 5.32 Å². The van der Waals surface area contributed by atoms with Crippen molar-refractivity contribution in [3.63, 3.8) is 0 Å². The van der Waals surface area contributed by atoms with Gasteiger partial charge in [0.1, 0.15) is 0 Å². The Balaban J connectivity index is 1.50. The van der Waals surface area contributed by atoms with E-state index in [-0.39, 0.29) is 0 Å². The second-order valence-corrected chi connectivity index (χ2v) is 7.21. The molecule has 1 N–H and O–H groups in total. The van der Waals surface area contributed by atoms with Gasteiger partial charge in [0.05, 0.1) is 5.60 Å². The Hall–Kier alpha value is -0.0800. The van der Waals surface area contributed by atoms with E-state index < -0.39 is 0 Å². The lowest BCUT2D eigenvalue weighted by Crippen LogP contribution is -2.53. The van der Waals surface area contributed by atoms with Crippen LogP contribution in [-0.4, -0.2) is 24.3 Å². The van der Waals surface area contributed by atoms with Gasteiger partial charge in [0.15, 0.2) is 0 Å². The fourth-order valence-electron chi connectivity index (χ4n) is 4.12. The van der Waals surface area contributed by atoms with Crippen molar-refractivity contribution in [2.75, 3.05) is 6.61 Å². The molecule has 0 aromatic carbocycles. The maximum atomic E-state index is 6.02. The standard InChI is InChI=1S/C16H29NO/c1-12-4-5-14(10-13(12)2)17-15-6-9-18-16(11-15)7-3-8-16/h12-15,17H,3-11H2,1-2H3. The van der Waals surface area contributed by atoms with Gasteiger partial charge in [-0.1, -0.05) is 13.8 Å². The Morgan fingerprint density at radius 1 is 1.00 bits per heavy atom. The summed E-state index contributed by atoms with van der Waals surface area (Å²) < 4.78 is 6.02. The van der Waals surface area contributed by atoms with Crippen LogP contribution in [0.5, 0.6) is 0 Å². The van der Waals surface area contributed by atoms with Crippen molar-refractivity contribution >= 4 is 0 Å². The molecule has 2 aliphatic carbocycles. The van der Waals surface area contributed by atoms with Crippen molar-refractivity contribution in [2.45, 2.75) is 82.9 Å². The number of nitrogens with one attached hydrogen (secondary N) is 1.